The molecule has 0 bridgehead atoms. The summed E-state index contributed by atoms with van der Waals surface area (Å²) in [6.07, 6.45) is 5.85. The number of ether oxygens (including phenoxy) is 1. The molecule has 0 heterocycles. The molecule has 0 saturated heterocycles. The Bertz CT molecular complexity index is 773. The highest BCUT2D eigenvalue weighted by molar-refractivity contribution is 6.01. The van der Waals surface area contributed by atoms with Crippen LogP contribution in [-0.2, 0) is 14.3 Å². The van der Waals surface area contributed by atoms with Gasteiger partial charge in [0, 0.05) is 23.2 Å². The lowest BCUT2D eigenvalue weighted by molar-refractivity contribution is -0.207. The van der Waals surface area contributed by atoms with Crippen molar-refractivity contribution in [1.82, 2.24) is 0 Å². The van der Waals surface area contributed by atoms with Crippen LogP contribution in [0, 0.1) is 28.6 Å². The molecule has 8 atom stereocenters. The summed E-state index contributed by atoms with van der Waals surface area (Å²) in [5.74, 6) is -0.497. The van der Waals surface area contributed by atoms with E-state index in [4.69, 9.17) is 4.74 Å². The fourth-order valence-electron chi connectivity index (χ4n) is 7.01. The van der Waals surface area contributed by atoms with Crippen molar-refractivity contribution >= 4 is 11.8 Å². The van der Waals surface area contributed by atoms with Crippen LogP contribution in [0.1, 0.15) is 59.8 Å². The molecule has 0 aromatic heterocycles. The predicted molar refractivity (Wildman–Crippen MR) is 103 cm³/mol. The zero-order valence-corrected chi connectivity index (χ0v) is 17.2. The van der Waals surface area contributed by atoms with Gasteiger partial charge in [0.15, 0.2) is 11.5 Å². The molecule has 4 nitrogen and oxygen atoms in total. The molecular weight excluding hydrogens is 359 g/mol. The standard InChI is InChI=1S/C23H31FO4/c1-5-19(27)28-20-13(2)10-17-16-7-6-14-11-15(25)8-9-22(14,4)23(16,24)18(26)12-21(17,20)3/h8-9,11,13,16-18,20,26H,5-7,10,12H2,1-4H3/t13-,16+,17+,18+,20-,21+,22+,23+/m1/s1. The quantitative estimate of drug-likeness (QED) is 0.726. The van der Waals surface area contributed by atoms with Gasteiger partial charge in [-0.15, -0.1) is 0 Å². The van der Waals surface area contributed by atoms with E-state index < -0.39 is 22.6 Å². The van der Waals surface area contributed by atoms with Gasteiger partial charge in [-0.25, -0.2) is 4.39 Å². The van der Waals surface area contributed by atoms with E-state index in [1.54, 1.807) is 19.1 Å². The fraction of sp³-hybridized carbons (Fsp3) is 0.739. The Balaban J connectivity index is 1.75. The summed E-state index contributed by atoms with van der Waals surface area (Å²) in [6.45, 7) is 7.73. The Morgan fingerprint density at radius 2 is 2.07 bits per heavy atom. The second kappa shape index (κ2) is 6.25. The number of carbonyl (C=O) groups excluding carboxylic acids is 2. The van der Waals surface area contributed by atoms with Crippen molar-refractivity contribution in [2.24, 2.45) is 28.6 Å². The van der Waals surface area contributed by atoms with Gasteiger partial charge in [0.05, 0.1) is 6.10 Å². The van der Waals surface area contributed by atoms with E-state index in [2.05, 4.69) is 13.8 Å². The monoisotopic (exact) mass is 390 g/mol. The number of esters is 1. The second-order valence-electron chi connectivity index (χ2n) is 9.83. The molecule has 0 unspecified atom stereocenters. The maximum absolute atomic E-state index is 16.9. The number of carbonyl (C=O) groups is 2. The van der Waals surface area contributed by atoms with Crippen molar-refractivity contribution in [3.8, 4) is 0 Å². The molecule has 0 amide bonds. The van der Waals surface area contributed by atoms with E-state index in [1.165, 1.54) is 6.08 Å². The predicted octanol–water partition coefficient (Wildman–Crippen LogP) is 3.93. The van der Waals surface area contributed by atoms with E-state index in [-0.39, 0.29) is 42.0 Å². The Hall–Kier alpha value is -1.49. The van der Waals surface area contributed by atoms with Crippen molar-refractivity contribution in [3.63, 3.8) is 0 Å². The van der Waals surface area contributed by atoms with E-state index in [1.807, 2.05) is 6.92 Å². The van der Waals surface area contributed by atoms with E-state index in [9.17, 15) is 14.7 Å². The molecule has 4 rings (SSSR count). The van der Waals surface area contributed by atoms with E-state index in [0.29, 0.717) is 19.3 Å². The summed E-state index contributed by atoms with van der Waals surface area (Å²) in [4.78, 5) is 23.9. The third-order valence-electron chi connectivity index (χ3n) is 8.42. The minimum Gasteiger partial charge on any atom is -0.461 e. The van der Waals surface area contributed by atoms with Crippen molar-refractivity contribution in [1.29, 1.82) is 0 Å². The van der Waals surface area contributed by atoms with Gasteiger partial charge in [0.2, 0.25) is 0 Å². The molecule has 0 spiro atoms. The zero-order valence-electron chi connectivity index (χ0n) is 17.2. The lowest BCUT2D eigenvalue weighted by atomic mass is 9.46. The molecule has 0 radical (unpaired) electrons. The first-order valence-corrected chi connectivity index (χ1v) is 10.6. The van der Waals surface area contributed by atoms with Crippen LogP contribution >= 0.6 is 0 Å². The Labute approximate surface area is 166 Å². The summed E-state index contributed by atoms with van der Waals surface area (Å²) in [7, 11) is 0. The van der Waals surface area contributed by atoms with Gasteiger partial charge in [-0.3, -0.25) is 9.59 Å². The van der Waals surface area contributed by atoms with Gasteiger partial charge in [0.1, 0.15) is 6.10 Å². The third-order valence-corrected chi connectivity index (χ3v) is 8.42. The minimum absolute atomic E-state index is 0.0370. The molecule has 0 aliphatic heterocycles. The van der Waals surface area contributed by atoms with Crippen LogP contribution in [0.4, 0.5) is 4.39 Å². The first-order valence-electron chi connectivity index (χ1n) is 10.6. The molecule has 0 aromatic carbocycles. The molecule has 0 aromatic rings. The molecule has 3 fully saturated rings. The van der Waals surface area contributed by atoms with Gasteiger partial charge >= 0.3 is 5.97 Å². The highest BCUT2D eigenvalue weighted by Gasteiger charge is 2.71. The van der Waals surface area contributed by atoms with Crippen LogP contribution in [0.15, 0.2) is 23.8 Å². The second-order valence-corrected chi connectivity index (χ2v) is 9.83. The highest BCUT2D eigenvalue weighted by Crippen LogP contribution is 2.68. The highest BCUT2D eigenvalue weighted by atomic mass is 19.1. The third kappa shape index (κ3) is 2.38. The van der Waals surface area contributed by atoms with Gasteiger partial charge < -0.3 is 9.84 Å². The Morgan fingerprint density at radius 1 is 1.36 bits per heavy atom. The fourth-order valence-corrected chi connectivity index (χ4v) is 7.01. The van der Waals surface area contributed by atoms with Gasteiger partial charge in [0.25, 0.3) is 0 Å². The first-order chi connectivity index (χ1) is 13.1. The minimum atomic E-state index is -1.82. The van der Waals surface area contributed by atoms with Crippen LogP contribution in [-0.4, -0.2) is 34.7 Å². The van der Waals surface area contributed by atoms with Gasteiger partial charge in [-0.2, -0.15) is 0 Å². The molecule has 3 saturated carbocycles. The van der Waals surface area contributed by atoms with E-state index >= 15 is 4.39 Å². The van der Waals surface area contributed by atoms with Crippen molar-refractivity contribution in [2.75, 3.05) is 0 Å². The molecule has 28 heavy (non-hydrogen) atoms. The van der Waals surface area contributed by atoms with Crippen LogP contribution in [0.2, 0.25) is 0 Å². The van der Waals surface area contributed by atoms with Gasteiger partial charge in [-0.1, -0.05) is 32.4 Å². The van der Waals surface area contributed by atoms with E-state index in [0.717, 1.165) is 12.0 Å². The number of halogens is 1. The molecule has 5 heteroatoms. The number of ketones is 1. The Kier molecular flexibility index (Phi) is 4.42. The summed E-state index contributed by atoms with van der Waals surface area (Å²) in [5.41, 5.74) is -2.43. The van der Waals surface area contributed by atoms with Crippen molar-refractivity contribution in [2.45, 2.75) is 77.7 Å². The number of rotatable bonds is 2. The van der Waals surface area contributed by atoms with Crippen LogP contribution < -0.4 is 0 Å². The van der Waals surface area contributed by atoms with Crippen molar-refractivity contribution in [3.05, 3.63) is 23.8 Å². The lowest BCUT2D eigenvalue weighted by Gasteiger charge is -2.61. The molecule has 1 N–H and O–H groups in total. The number of allylic oxidation sites excluding steroid dienone is 4. The summed E-state index contributed by atoms with van der Waals surface area (Å²) < 4.78 is 22.7. The van der Waals surface area contributed by atoms with Gasteiger partial charge in [-0.05, 0) is 56.6 Å². The largest absolute Gasteiger partial charge is 0.461 e. The summed E-state index contributed by atoms with van der Waals surface area (Å²) >= 11 is 0. The number of aliphatic hydroxyl groups is 1. The zero-order chi connectivity index (χ0) is 20.5. The summed E-state index contributed by atoms with van der Waals surface area (Å²) in [6, 6.07) is 0. The normalized spacial score (nSPS) is 49.7. The molecule has 154 valence electrons. The smallest absolute Gasteiger partial charge is 0.305 e. The SMILES string of the molecule is CCC(=O)O[C@@H]1[C@H](C)C[C@H]2[C@@H]3CCC4=CC(=O)C=C[C@]4(C)[C@@]3(F)[C@@H](O)C[C@]12C. The maximum Gasteiger partial charge on any atom is 0.305 e. The molecule has 4 aliphatic carbocycles. The summed E-state index contributed by atoms with van der Waals surface area (Å²) in [5, 5.41) is 11.2. The number of hydrogen-bond acceptors (Lipinski definition) is 4. The van der Waals surface area contributed by atoms with Crippen molar-refractivity contribution < 1.29 is 23.8 Å². The van der Waals surface area contributed by atoms with Crippen LogP contribution in [0.5, 0.6) is 0 Å². The average Bonchev–Trinajstić information content (AvgIpc) is 2.88. The number of hydrogen-bond donors (Lipinski definition) is 1. The van der Waals surface area contributed by atoms with Crippen LogP contribution in [0.3, 0.4) is 0 Å². The maximum atomic E-state index is 16.9. The first kappa shape index (κ1) is 19.8. The number of alkyl halides is 1. The number of aliphatic hydroxyl groups excluding tert-OH is 1. The molecular formula is C23H31FO4. The Morgan fingerprint density at radius 3 is 2.75 bits per heavy atom. The van der Waals surface area contributed by atoms with Crippen LogP contribution in [0.25, 0.3) is 0 Å². The molecule has 4 aliphatic rings. The lowest BCUT2D eigenvalue weighted by Crippen LogP contribution is -2.67. The number of fused-ring (bicyclic) bond motifs is 5. The topological polar surface area (TPSA) is 63.6 Å². The average molecular weight is 390 g/mol.